The quantitative estimate of drug-likeness (QED) is 0.391. The van der Waals surface area contributed by atoms with E-state index in [4.69, 9.17) is 15.6 Å². The number of halogens is 1. The van der Waals surface area contributed by atoms with Gasteiger partial charge in [-0.2, -0.15) is 5.10 Å². The zero-order chi connectivity index (χ0) is 28.2. The molecule has 40 heavy (non-hydrogen) atoms. The summed E-state index contributed by atoms with van der Waals surface area (Å²) in [6.45, 7) is -0.335. The largest absolute Gasteiger partial charge is 0.496 e. The minimum absolute atomic E-state index is 0.0538. The average molecular weight is 547 g/mol. The van der Waals surface area contributed by atoms with Gasteiger partial charge in [-0.3, -0.25) is 14.4 Å². The summed E-state index contributed by atoms with van der Waals surface area (Å²) in [4.78, 5) is 36.9. The number of hydrogen-bond acceptors (Lipinski definition) is 5. The zero-order valence-electron chi connectivity index (χ0n) is 22.7. The predicted octanol–water partition coefficient (Wildman–Crippen LogP) is 4.57. The van der Waals surface area contributed by atoms with Gasteiger partial charge in [0.15, 0.2) is 0 Å². The van der Waals surface area contributed by atoms with E-state index >= 15 is 4.39 Å². The summed E-state index contributed by atoms with van der Waals surface area (Å²) in [5.74, 6) is -1.53. The number of benzene rings is 2. The second-order valence-electron chi connectivity index (χ2n) is 10.7. The Morgan fingerprint density at radius 1 is 1.02 bits per heavy atom. The number of hydrazone groups is 1. The minimum atomic E-state index is -0.687. The molecule has 3 aliphatic rings. The summed E-state index contributed by atoms with van der Waals surface area (Å²) < 4.78 is 21.0. The number of primary amides is 1. The van der Waals surface area contributed by atoms with Crippen LogP contribution in [0.1, 0.15) is 67.3 Å². The van der Waals surface area contributed by atoms with Crippen molar-refractivity contribution in [3.8, 4) is 16.9 Å². The number of methoxy groups -OCH3 is 1. The number of ether oxygens (including phenoxy) is 1. The second kappa shape index (κ2) is 12.0. The number of carbonyl (C=O) groups is 3. The van der Waals surface area contributed by atoms with E-state index in [1.807, 2.05) is 12.1 Å². The van der Waals surface area contributed by atoms with Gasteiger partial charge in [0.25, 0.3) is 5.91 Å². The summed E-state index contributed by atoms with van der Waals surface area (Å²) in [6, 6.07) is 9.81. The number of nitrogens with zero attached hydrogens (tertiary/aromatic N) is 2. The summed E-state index contributed by atoms with van der Waals surface area (Å²) in [7, 11) is 1.52. The van der Waals surface area contributed by atoms with Crippen LogP contribution in [0.5, 0.6) is 5.75 Å². The molecule has 1 aliphatic heterocycles. The van der Waals surface area contributed by atoms with Gasteiger partial charge in [-0.25, -0.2) is 9.40 Å². The first kappa shape index (κ1) is 27.6. The Morgan fingerprint density at radius 2 is 1.75 bits per heavy atom. The summed E-state index contributed by atoms with van der Waals surface area (Å²) >= 11 is 0. The molecule has 3 amide bonds. The lowest BCUT2D eigenvalue weighted by Crippen LogP contribution is -2.49. The molecule has 3 N–H and O–H groups in total. The highest BCUT2D eigenvalue weighted by atomic mass is 19.1. The number of hydrogen-bond donors (Lipinski definition) is 2. The molecule has 2 aromatic carbocycles. The minimum Gasteiger partial charge on any atom is -0.496 e. The first-order valence-electron chi connectivity index (χ1n) is 14.0. The van der Waals surface area contributed by atoms with E-state index in [-0.39, 0.29) is 41.5 Å². The van der Waals surface area contributed by atoms with Gasteiger partial charge >= 0.3 is 0 Å². The van der Waals surface area contributed by atoms with Crippen LogP contribution in [-0.2, 0) is 9.59 Å². The molecule has 0 bridgehead atoms. The van der Waals surface area contributed by atoms with Gasteiger partial charge < -0.3 is 15.8 Å². The Bertz CT molecular complexity index is 1360. The Labute approximate surface area is 233 Å². The van der Waals surface area contributed by atoms with Gasteiger partial charge in [-0.05, 0) is 61.6 Å². The number of fused-ring (bicyclic) bond motifs is 1. The third kappa shape index (κ3) is 5.64. The topological polar surface area (TPSA) is 114 Å². The first-order chi connectivity index (χ1) is 19.4. The van der Waals surface area contributed by atoms with Gasteiger partial charge in [-0.15, -0.1) is 0 Å². The van der Waals surface area contributed by atoms with E-state index in [1.54, 1.807) is 11.1 Å². The van der Waals surface area contributed by atoms with Crippen LogP contribution >= 0.6 is 0 Å². The molecule has 2 aromatic rings. The van der Waals surface area contributed by atoms with Crippen LogP contribution in [0.2, 0.25) is 0 Å². The van der Waals surface area contributed by atoms with Crippen LogP contribution in [-0.4, -0.2) is 48.1 Å². The molecular weight excluding hydrogens is 511 g/mol. The molecule has 0 saturated heterocycles. The summed E-state index contributed by atoms with van der Waals surface area (Å²) in [6.07, 6.45) is 12.1. The monoisotopic (exact) mass is 546 g/mol. The lowest BCUT2D eigenvalue weighted by molar-refractivity contribution is -0.140. The Hall–Kier alpha value is -4.01. The highest BCUT2D eigenvalue weighted by Gasteiger charge is 2.42. The molecule has 1 heterocycles. The van der Waals surface area contributed by atoms with Crippen LogP contribution in [0.15, 0.2) is 53.7 Å². The van der Waals surface area contributed by atoms with Gasteiger partial charge in [0, 0.05) is 22.6 Å². The molecule has 1 saturated carbocycles. The number of allylic oxidation sites excluding steroid dienone is 2. The maximum atomic E-state index is 15.4. The van der Waals surface area contributed by atoms with E-state index in [2.05, 4.69) is 17.5 Å². The SMILES string of the molecule is COc1ccc(C2=NN(C3CCCCCC3)C(=O)[C@@H]3CC=CC[C@H]23)cc1-c1ccc(C(=O)NCC(N)=O)cc1F. The molecule has 0 unspecified atom stereocenters. The number of nitrogens with one attached hydrogen (secondary N) is 1. The third-order valence-corrected chi connectivity index (χ3v) is 8.15. The van der Waals surface area contributed by atoms with Crippen molar-refractivity contribution >= 4 is 23.4 Å². The molecule has 8 nitrogen and oxygen atoms in total. The molecule has 5 rings (SSSR count). The number of rotatable bonds is 7. The standard InChI is InChI=1S/C31H35FN4O4/c1-40-27-15-13-19(16-25(27)22-14-12-20(17-26(22)32)30(38)34-18-28(33)37)29-23-10-6-7-11-24(23)31(39)36(35-29)21-8-4-2-3-5-9-21/h6-7,12-17,21,23-24H,2-5,8-11,18H2,1H3,(H2,33,37)(H,34,38)/t23-,24+/m0/s1. The van der Waals surface area contributed by atoms with Gasteiger partial charge in [0.1, 0.15) is 11.6 Å². The fourth-order valence-electron chi connectivity index (χ4n) is 6.06. The van der Waals surface area contributed by atoms with Crippen LogP contribution in [0.4, 0.5) is 4.39 Å². The Balaban J connectivity index is 1.53. The average Bonchev–Trinajstić information content (AvgIpc) is 3.25. The number of carbonyl (C=O) groups excluding carboxylic acids is 3. The van der Waals surface area contributed by atoms with Gasteiger partial charge in [0.2, 0.25) is 11.8 Å². The molecule has 0 radical (unpaired) electrons. The third-order valence-electron chi connectivity index (χ3n) is 8.15. The second-order valence-corrected chi connectivity index (χ2v) is 10.7. The lowest BCUT2D eigenvalue weighted by atomic mass is 9.76. The molecule has 0 aromatic heterocycles. The van der Waals surface area contributed by atoms with Crippen molar-refractivity contribution in [3.05, 3.63) is 65.5 Å². The molecule has 2 aliphatic carbocycles. The fraction of sp³-hybridized carbons (Fsp3) is 0.419. The van der Waals surface area contributed by atoms with E-state index in [0.29, 0.717) is 17.7 Å². The van der Waals surface area contributed by atoms with Crippen molar-refractivity contribution in [2.45, 2.75) is 57.4 Å². The Morgan fingerprint density at radius 3 is 2.42 bits per heavy atom. The summed E-state index contributed by atoms with van der Waals surface area (Å²) in [5.41, 5.74) is 7.59. The normalized spacial score (nSPS) is 21.3. The smallest absolute Gasteiger partial charge is 0.251 e. The van der Waals surface area contributed by atoms with E-state index in [0.717, 1.165) is 49.4 Å². The highest BCUT2D eigenvalue weighted by Crippen LogP contribution is 2.39. The Kier molecular flexibility index (Phi) is 8.28. The maximum absolute atomic E-state index is 15.4. The van der Waals surface area contributed by atoms with Gasteiger partial charge in [0.05, 0.1) is 31.3 Å². The predicted molar refractivity (Wildman–Crippen MR) is 150 cm³/mol. The molecule has 1 fully saturated rings. The molecule has 0 spiro atoms. The zero-order valence-corrected chi connectivity index (χ0v) is 22.7. The van der Waals surface area contributed by atoms with E-state index in [1.165, 1.54) is 32.1 Å². The maximum Gasteiger partial charge on any atom is 0.251 e. The van der Waals surface area contributed by atoms with Crippen LogP contribution in [0, 0.1) is 17.7 Å². The number of amides is 3. The van der Waals surface area contributed by atoms with Crippen LogP contribution < -0.4 is 15.8 Å². The van der Waals surface area contributed by atoms with Gasteiger partial charge in [-0.1, -0.05) is 43.9 Å². The molecule has 9 heteroatoms. The fourth-order valence-corrected chi connectivity index (χ4v) is 6.06. The lowest BCUT2D eigenvalue weighted by Gasteiger charge is -2.40. The van der Waals surface area contributed by atoms with Crippen molar-refractivity contribution in [2.75, 3.05) is 13.7 Å². The highest BCUT2D eigenvalue weighted by molar-refractivity contribution is 6.08. The first-order valence-corrected chi connectivity index (χ1v) is 14.0. The molecular formula is C31H35FN4O4. The number of nitrogens with two attached hydrogens (primary N) is 1. The molecule has 210 valence electrons. The molecule has 2 atom stereocenters. The van der Waals surface area contributed by atoms with Crippen LogP contribution in [0.25, 0.3) is 11.1 Å². The van der Waals surface area contributed by atoms with Crippen LogP contribution in [0.3, 0.4) is 0 Å². The van der Waals surface area contributed by atoms with Crippen molar-refractivity contribution in [3.63, 3.8) is 0 Å². The van der Waals surface area contributed by atoms with Crippen molar-refractivity contribution < 1.29 is 23.5 Å². The van der Waals surface area contributed by atoms with Crippen molar-refractivity contribution in [1.29, 1.82) is 0 Å². The van der Waals surface area contributed by atoms with Crippen molar-refractivity contribution in [2.24, 2.45) is 22.7 Å². The summed E-state index contributed by atoms with van der Waals surface area (Å²) in [5, 5.41) is 9.13. The van der Waals surface area contributed by atoms with E-state index in [9.17, 15) is 14.4 Å². The van der Waals surface area contributed by atoms with E-state index < -0.39 is 17.6 Å². The van der Waals surface area contributed by atoms with Crippen molar-refractivity contribution in [1.82, 2.24) is 10.3 Å².